The van der Waals surface area contributed by atoms with Gasteiger partial charge in [-0.05, 0) is 34.1 Å². The molecule has 1 fully saturated rings. The fraction of sp³-hybridized carbons (Fsp3) is 0.565. The number of piperidine rings is 1. The highest BCUT2D eigenvalue weighted by molar-refractivity contribution is 7.17. The predicted molar refractivity (Wildman–Crippen MR) is 141 cm³/mol. The van der Waals surface area contributed by atoms with Crippen molar-refractivity contribution >= 4 is 57.5 Å². The lowest BCUT2D eigenvalue weighted by molar-refractivity contribution is 0.0526. The zero-order valence-electron chi connectivity index (χ0n) is 21.2. The molecule has 0 unspecified atom stereocenters. The van der Waals surface area contributed by atoms with Crippen LogP contribution in [0.25, 0.3) is 0 Å². The molecular weight excluding hydrogens is 545 g/mol. The molecule has 37 heavy (non-hydrogen) atoms. The first-order chi connectivity index (χ1) is 17.4. The highest BCUT2D eigenvalue weighted by Crippen LogP contribution is 2.31. The summed E-state index contributed by atoms with van der Waals surface area (Å²) in [5.74, 6) is -1.64. The van der Waals surface area contributed by atoms with Crippen LogP contribution in [0.5, 0.6) is 0 Å². The van der Waals surface area contributed by atoms with Crippen LogP contribution in [0.4, 0.5) is 5.13 Å². The fourth-order valence-corrected chi connectivity index (χ4v) is 5.18. The normalized spacial score (nSPS) is 18.0. The van der Waals surface area contributed by atoms with Crippen LogP contribution in [0.15, 0.2) is 0 Å². The molecule has 0 aliphatic carbocycles. The van der Waals surface area contributed by atoms with Crippen LogP contribution >= 0.6 is 34.5 Å². The number of aliphatic hydroxyl groups is 1. The van der Waals surface area contributed by atoms with E-state index in [9.17, 15) is 19.5 Å². The summed E-state index contributed by atoms with van der Waals surface area (Å²) in [4.78, 5) is 47.5. The first kappa shape index (κ1) is 29.2. The number of anilines is 1. The number of halogens is 2. The van der Waals surface area contributed by atoms with Crippen LogP contribution in [-0.2, 0) is 9.47 Å². The van der Waals surface area contributed by atoms with Gasteiger partial charge in [0.15, 0.2) is 10.8 Å². The summed E-state index contributed by atoms with van der Waals surface area (Å²) >= 11 is 13.3. The van der Waals surface area contributed by atoms with Gasteiger partial charge in [0.2, 0.25) is 0 Å². The number of ether oxygens (including phenoxy) is 2. The Hall–Kier alpha value is -2.38. The summed E-state index contributed by atoms with van der Waals surface area (Å²) in [6, 6.07) is -0.328. The molecule has 14 heteroatoms. The molecule has 2 amide bonds. The Labute approximate surface area is 228 Å². The molecule has 11 nitrogen and oxygen atoms in total. The van der Waals surface area contributed by atoms with Crippen molar-refractivity contribution in [3.63, 3.8) is 0 Å². The molecule has 2 aromatic rings. The van der Waals surface area contributed by atoms with E-state index in [0.717, 1.165) is 11.3 Å². The van der Waals surface area contributed by atoms with Gasteiger partial charge in [-0.3, -0.25) is 9.59 Å². The lowest BCUT2D eigenvalue weighted by Gasteiger charge is -2.37. The number of aromatic amines is 1. The molecule has 0 bridgehead atoms. The van der Waals surface area contributed by atoms with Crippen LogP contribution < -0.4 is 15.5 Å². The quantitative estimate of drug-likeness (QED) is 0.334. The van der Waals surface area contributed by atoms with Gasteiger partial charge in [0.25, 0.3) is 11.8 Å². The summed E-state index contributed by atoms with van der Waals surface area (Å²) in [5.41, 5.74) is -0.424. The van der Waals surface area contributed by atoms with Crippen molar-refractivity contribution in [2.45, 2.75) is 51.9 Å². The second-order valence-electron chi connectivity index (χ2n) is 9.23. The number of rotatable bonds is 9. The number of nitrogens with one attached hydrogen (secondary N) is 3. The van der Waals surface area contributed by atoms with Crippen molar-refractivity contribution in [3.8, 4) is 0 Å². The SMILES string of the molecule is CCOC(=O)c1sc(N2CC[C@@H](NC(=O)c3[nH]c(C)c(Cl)c3Cl)[C@@H](OC)C2)nc1C(=O)NCC(C)(C)O. The molecule has 204 valence electrons. The fourth-order valence-electron chi connectivity index (χ4n) is 3.78. The van der Waals surface area contributed by atoms with Gasteiger partial charge in [-0.15, -0.1) is 0 Å². The van der Waals surface area contributed by atoms with Gasteiger partial charge < -0.3 is 35.1 Å². The summed E-state index contributed by atoms with van der Waals surface area (Å²) in [6.45, 7) is 7.45. The number of nitrogens with zero attached hydrogens (tertiary/aromatic N) is 2. The van der Waals surface area contributed by atoms with E-state index in [2.05, 4.69) is 20.6 Å². The maximum absolute atomic E-state index is 12.8. The van der Waals surface area contributed by atoms with Crippen LogP contribution in [0.2, 0.25) is 10.0 Å². The molecule has 0 radical (unpaired) electrons. The molecule has 4 N–H and O–H groups in total. The van der Waals surface area contributed by atoms with Gasteiger partial charge in [0.1, 0.15) is 10.6 Å². The van der Waals surface area contributed by atoms with Gasteiger partial charge in [-0.1, -0.05) is 34.5 Å². The van der Waals surface area contributed by atoms with Gasteiger partial charge in [0.05, 0.1) is 34.4 Å². The number of hydrogen-bond donors (Lipinski definition) is 4. The van der Waals surface area contributed by atoms with Gasteiger partial charge >= 0.3 is 5.97 Å². The van der Waals surface area contributed by atoms with E-state index >= 15 is 0 Å². The van der Waals surface area contributed by atoms with E-state index in [4.69, 9.17) is 32.7 Å². The predicted octanol–water partition coefficient (Wildman–Crippen LogP) is 2.79. The third kappa shape index (κ3) is 6.94. The number of carbonyl (C=O) groups excluding carboxylic acids is 3. The van der Waals surface area contributed by atoms with Crippen molar-refractivity contribution in [2.24, 2.45) is 0 Å². The van der Waals surface area contributed by atoms with E-state index in [1.807, 2.05) is 4.90 Å². The molecule has 0 saturated carbocycles. The Morgan fingerprint density at radius 1 is 1.27 bits per heavy atom. The summed E-state index contributed by atoms with van der Waals surface area (Å²) in [6.07, 6.45) is 0.0922. The topological polar surface area (TPSA) is 146 Å². The molecule has 1 aliphatic rings. The molecule has 2 aromatic heterocycles. The Morgan fingerprint density at radius 2 is 1.97 bits per heavy atom. The molecule has 3 heterocycles. The number of H-pyrrole nitrogens is 1. The summed E-state index contributed by atoms with van der Waals surface area (Å²) < 4.78 is 10.8. The monoisotopic (exact) mass is 575 g/mol. The van der Waals surface area contributed by atoms with Crippen LogP contribution in [0.3, 0.4) is 0 Å². The van der Waals surface area contributed by atoms with Crippen molar-refractivity contribution < 1.29 is 29.0 Å². The Morgan fingerprint density at radius 3 is 2.54 bits per heavy atom. The summed E-state index contributed by atoms with van der Waals surface area (Å²) in [7, 11) is 1.54. The van der Waals surface area contributed by atoms with E-state index in [1.54, 1.807) is 27.7 Å². The lowest BCUT2D eigenvalue weighted by Crippen LogP contribution is -2.55. The van der Waals surface area contributed by atoms with Gasteiger partial charge in [-0.25, -0.2) is 9.78 Å². The average Bonchev–Trinajstić information content (AvgIpc) is 3.40. The van der Waals surface area contributed by atoms with Gasteiger partial charge in [0, 0.05) is 32.4 Å². The number of carbonyl (C=O) groups is 3. The lowest BCUT2D eigenvalue weighted by atomic mass is 10.0. The van der Waals surface area contributed by atoms with Crippen LogP contribution in [0.1, 0.15) is 63.5 Å². The van der Waals surface area contributed by atoms with E-state index in [1.165, 1.54) is 7.11 Å². The number of amides is 2. The molecule has 0 aromatic carbocycles. The molecule has 1 saturated heterocycles. The summed E-state index contributed by atoms with van der Waals surface area (Å²) in [5, 5.41) is 16.4. The van der Waals surface area contributed by atoms with E-state index in [-0.39, 0.29) is 40.5 Å². The minimum atomic E-state index is -1.13. The third-order valence-corrected chi connectivity index (χ3v) is 7.75. The van der Waals surface area contributed by atoms with Crippen molar-refractivity contribution in [2.75, 3.05) is 38.3 Å². The number of methoxy groups -OCH3 is 1. The number of aromatic nitrogens is 2. The molecular formula is C23H31Cl2N5O6S. The Balaban J connectivity index is 1.77. The zero-order valence-corrected chi connectivity index (χ0v) is 23.6. The molecule has 2 atom stereocenters. The Kier molecular flexibility index (Phi) is 9.46. The highest BCUT2D eigenvalue weighted by Gasteiger charge is 2.35. The van der Waals surface area contributed by atoms with Crippen molar-refractivity contribution in [3.05, 3.63) is 32.0 Å². The van der Waals surface area contributed by atoms with Gasteiger partial charge in [-0.2, -0.15) is 0 Å². The number of thiazole rings is 1. The number of esters is 1. The average molecular weight is 577 g/mol. The maximum atomic E-state index is 12.8. The number of aryl methyl sites for hydroxylation is 1. The minimum absolute atomic E-state index is 0.0205. The molecule has 0 spiro atoms. The Bertz CT molecular complexity index is 1160. The van der Waals surface area contributed by atoms with Crippen molar-refractivity contribution in [1.29, 1.82) is 0 Å². The highest BCUT2D eigenvalue weighted by atomic mass is 35.5. The third-order valence-electron chi connectivity index (χ3n) is 5.70. The van der Waals surface area contributed by atoms with Crippen molar-refractivity contribution in [1.82, 2.24) is 20.6 Å². The molecule has 1 aliphatic heterocycles. The van der Waals surface area contributed by atoms with Crippen LogP contribution in [-0.4, -0.2) is 84.0 Å². The van der Waals surface area contributed by atoms with Crippen LogP contribution in [0, 0.1) is 6.92 Å². The molecule has 3 rings (SSSR count). The van der Waals surface area contributed by atoms with E-state index < -0.39 is 29.5 Å². The minimum Gasteiger partial charge on any atom is -0.462 e. The zero-order chi connectivity index (χ0) is 27.5. The van der Waals surface area contributed by atoms with E-state index in [0.29, 0.717) is 35.4 Å². The maximum Gasteiger partial charge on any atom is 0.350 e. The first-order valence-corrected chi connectivity index (χ1v) is 13.2. The largest absolute Gasteiger partial charge is 0.462 e. The smallest absolute Gasteiger partial charge is 0.350 e. The second kappa shape index (κ2) is 12.0. The second-order valence-corrected chi connectivity index (χ2v) is 11.0. The standard InChI is InChI=1S/C23H31Cl2N5O6S/c1-6-36-21(33)18-17(19(31)26-10-23(3,4)34)29-22(37-18)30-8-7-12(13(9-30)35-5)28-20(32)16-15(25)14(24)11(2)27-16/h12-13,27,34H,6-10H2,1-5H3,(H,26,31)(H,28,32)/t12-,13+/m1/s1. The first-order valence-electron chi connectivity index (χ1n) is 11.7. The number of hydrogen-bond acceptors (Lipinski definition) is 9.